The molecule has 0 aromatic carbocycles. The van der Waals surface area contributed by atoms with Crippen LogP contribution in [0.1, 0.15) is 32.4 Å². The Bertz CT molecular complexity index is 617. The lowest BCUT2D eigenvalue weighted by atomic mass is 10.1. The molecule has 0 bridgehead atoms. The second-order valence-electron chi connectivity index (χ2n) is 5.62. The minimum absolute atomic E-state index is 0.395. The maximum absolute atomic E-state index is 12.7. The first kappa shape index (κ1) is 16.3. The van der Waals surface area contributed by atoms with E-state index in [2.05, 4.69) is 12.2 Å². The molecule has 0 spiro atoms. The van der Waals surface area contributed by atoms with Crippen LogP contribution in [0.2, 0.25) is 0 Å². The SMILES string of the molecule is CCCNCc1cc(S(=O)(=O)N2CC=C(C)CC2)cn1C. The van der Waals surface area contributed by atoms with E-state index >= 15 is 0 Å². The maximum Gasteiger partial charge on any atom is 0.244 e. The van der Waals surface area contributed by atoms with Crippen LogP contribution in [0.25, 0.3) is 0 Å². The lowest BCUT2D eigenvalue weighted by Crippen LogP contribution is -2.34. The zero-order chi connectivity index (χ0) is 15.5. The summed E-state index contributed by atoms with van der Waals surface area (Å²) in [7, 11) is -1.49. The van der Waals surface area contributed by atoms with Crippen molar-refractivity contribution in [1.82, 2.24) is 14.2 Å². The average Bonchev–Trinajstić information content (AvgIpc) is 2.82. The molecule has 2 heterocycles. The van der Waals surface area contributed by atoms with Crippen LogP contribution < -0.4 is 5.32 Å². The fourth-order valence-electron chi connectivity index (χ4n) is 2.41. The first-order valence-electron chi connectivity index (χ1n) is 7.47. The number of hydrogen-bond acceptors (Lipinski definition) is 3. The molecule has 0 unspecified atom stereocenters. The number of rotatable bonds is 6. The van der Waals surface area contributed by atoms with Gasteiger partial charge in [0.05, 0.1) is 0 Å². The molecule has 1 aromatic heterocycles. The summed E-state index contributed by atoms with van der Waals surface area (Å²) < 4.78 is 28.7. The van der Waals surface area contributed by atoms with E-state index in [0.29, 0.717) is 24.5 Å². The molecule has 1 aromatic rings. The molecule has 0 aliphatic carbocycles. The number of sulfonamides is 1. The van der Waals surface area contributed by atoms with Crippen molar-refractivity contribution in [2.75, 3.05) is 19.6 Å². The average molecular weight is 311 g/mol. The molecule has 0 radical (unpaired) electrons. The molecule has 21 heavy (non-hydrogen) atoms. The van der Waals surface area contributed by atoms with Crippen LogP contribution in [0.15, 0.2) is 28.8 Å². The van der Waals surface area contributed by atoms with E-state index in [1.54, 1.807) is 16.6 Å². The van der Waals surface area contributed by atoms with Crippen LogP contribution in [0.5, 0.6) is 0 Å². The second kappa shape index (κ2) is 6.77. The van der Waals surface area contributed by atoms with Crippen molar-refractivity contribution in [2.24, 2.45) is 7.05 Å². The van der Waals surface area contributed by atoms with Crippen LogP contribution in [-0.4, -0.2) is 36.9 Å². The molecule has 0 atom stereocenters. The Balaban J connectivity index is 2.15. The monoisotopic (exact) mass is 311 g/mol. The van der Waals surface area contributed by atoms with E-state index in [1.165, 1.54) is 5.57 Å². The molecule has 0 amide bonds. The third-order valence-electron chi connectivity index (χ3n) is 3.85. The summed E-state index contributed by atoms with van der Waals surface area (Å²) in [5, 5.41) is 3.30. The fourth-order valence-corrected chi connectivity index (χ4v) is 3.88. The molecule has 1 aliphatic rings. The van der Waals surface area contributed by atoms with Gasteiger partial charge in [-0.3, -0.25) is 0 Å². The molecule has 5 nitrogen and oxygen atoms in total. The van der Waals surface area contributed by atoms with Crippen LogP contribution in [-0.2, 0) is 23.6 Å². The summed E-state index contributed by atoms with van der Waals surface area (Å²) >= 11 is 0. The van der Waals surface area contributed by atoms with Crippen molar-refractivity contribution in [2.45, 2.75) is 38.1 Å². The summed E-state index contributed by atoms with van der Waals surface area (Å²) in [6.07, 6.45) is 5.59. The zero-order valence-electron chi connectivity index (χ0n) is 13.1. The predicted molar refractivity (Wildman–Crippen MR) is 84.5 cm³/mol. The molecule has 6 heteroatoms. The van der Waals surface area contributed by atoms with Gasteiger partial charge < -0.3 is 9.88 Å². The Morgan fingerprint density at radius 2 is 2.14 bits per heavy atom. The molecule has 118 valence electrons. The second-order valence-corrected chi connectivity index (χ2v) is 7.56. The van der Waals surface area contributed by atoms with Crippen LogP contribution in [0, 0.1) is 0 Å². The van der Waals surface area contributed by atoms with E-state index in [0.717, 1.165) is 25.1 Å². The van der Waals surface area contributed by atoms with Crippen molar-refractivity contribution in [3.63, 3.8) is 0 Å². The summed E-state index contributed by atoms with van der Waals surface area (Å²) in [6.45, 7) is 6.83. The van der Waals surface area contributed by atoms with Crippen LogP contribution in [0.4, 0.5) is 0 Å². The van der Waals surface area contributed by atoms with Gasteiger partial charge in [-0.1, -0.05) is 18.6 Å². The Kier molecular flexibility index (Phi) is 5.24. The van der Waals surface area contributed by atoms with Crippen molar-refractivity contribution < 1.29 is 8.42 Å². The highest BCUT2D eigenvalue weighted by Crippen LogP contribution is 2.22. The molecule has 2 rings (SSSR count). The molecule has 0 saturated heterocycles. The van der Waals surface area contributed by atoms with Gasteiger partial charge in [0.15, 0.2) is 0 Å². The van der Waals surface area contributed by atoms with Crippen molar-refractivity contribution in [3.05, 3.63) is 29.6 Å². The highest BCUT2D eigenvalue weighted by molar-refractivity contribution is 7.89. The highest BCUT2D eigenvalue weighted by atomic mass is 32.2. The van der Waals surface area contributed by atoms with Gasteiger partial charge in [-0.25, -0.2) is 8.42 Å². The van der Waals surface area contributed by atoms with Crippen LogP contribution >= 0.6 is 0 Å². The third kappa shape index (κ3) is 3.75. The van der Waals surface area contributed by atoms with Crippen molar-refractivity contribution >= 4 is 10.0 Å². The minimum Gasteiger partial charge on any atom is -0.352 e. The first-order valence-corrected chi connectivity index (χ1v) is 8.91. The molecular formula is C15H25N3O2S. The van der Waals surface area contributed by atoms with Gasteiger partial charge in [0, 0.05) is 38.6 Å². The molecular weight excluding hydrogens is 286 g/mol. The van der Waals surface area contributed by atoms with E-state index < -0.39 is 10.0 Å². The number of nitrogens with zero attached hydrogens (tertiary/aromatic N) is 2. The Morgan fingerprint density at radius 3 is 2.76 bits per heavy atom. The minimum atomic E-state index is -3.38. The molecule has 1 N–H and O–H groups in total. The Hall–Kier alpha value is -1.11. The van der Waals surface area contributed by atoms with Crippen molar-refractivity contribution in [3.8, 4) is 0 Å². The predicted octanol–water partition coefficient (Wildman–Crippen LogP) is 1.87. The molecule has 0 saturated carbocycles. The first-order chi connectivity index (χ1) is 9.95. The largest absolute Gasteiger partial charge is 0.352 e. The lowest BCUT2D eigenvalue weighted by Gasteiger charge is -2.24. The maximum atomic E-state index is 12.7. The Labute approximate surface area is 127 Å². The normalized spacial score (nSPS) is 17.0. The summed E-state index contributed by atoms with van der Waals surface area (Å²) in [6, 6.07) is 1.78. The quantitative estimate of drug-likeness (QED) is 0.644. The van der Waals surface area contributed by atoms with E-state index in [4.69, 9.17) is 0 Å². The number of nitrogens with one attached hydrogen (secondary N) is 1. The van der Waals surface area contributed by atoms with Gasteiger partial charge in [0.2, 0.25) is 10.0 Å². The number of aryl methyl sites for hydroxylation is 1. The number of hydrogen-bond donors (Lipinski definition) is 1. The molecule has 1 aliphatic heterocycles. The smallest absolute Gasteiger partial charge is 0.244 e. The highest BCUT2D eigenvalue weighted by Gasteiger charge is 2.26. The Morgan fingerprint density at radius 1 is 1.38 bits per heavy atom. The summed E-state index contributed by atoms with van der Waals surface area (Å²) in [5.74, 6) is 0. The summed E-state index contributed by atoms with van der Waals surface area (Å²) in [4.78, 5) is 0.395. The topological polar surface area (TPSA) is 54.3 Å². The number of aromatic nitrogens is 1. The van der Waals surface area contributed by atoms with Crippen LogP contribution in [0.3, 0.4) is 0 Å². The van der Waals surface area contributed by atoms with Gasteiger partial charge in [-0.15, -0.1) is 0 Å². The van der Waals surface area contributed by atoms with Crippen molar-refractivity contribution in [1.29, 1.82) is 0 Å². The molecule has 0 fully saturated rings. The van der Waals surface area contributed by atoms with E-state index in [-0.39, 0.29) is 0 Å². The van der Waals surface area contributed by atoms with Gasteiger partial charge in [-0.05, 0) is 32.4 Å². The van der Waals surface area contributed by atoms with Gasteiger partial charge >= 0.3 is 0 Å². The van der Waals surface area contributed by atoms with Gasteiger partial charge in [0.25, 0.3) is 0 Å². The fraction of sp³-hybridized carbons (Fsp3) is 0.600. The zero-order valence-corrected chi connectivity index (χ0v) is 13.9. The van der Waals surface area contributed by atoms with Gasteiger partial charge in [0.1, 0.15) is 4.90 Å². The summed E-state index contributed by atoms with van der Waals surface area (Å²) in [5.41, 5.74) is 2.25. The van der Waals surface area contributed by atoms with E-state index in [9.17, 15) is 8.42 Å². The lowest BCUT2D eigenvalue weighted by molar-refractivity contribution is 0.431. The van der Waals surface area contributed by atoms with E-state index in [1.807, 2.05) is 24.6 Å². The standard InChI is InChI=1S/C15H25N3O2S/c1-4-7-16-11-14-10-15(12-17(14)3)21(19,20)18-8-5-13(2)6-9-18/h5,10,12,16H,4,6-9,11H2,1-3H3. The van der Waals surface area contributed by atoms with Gasteiger partial charge in [-0.2, -0.15) is 4.31 Å². The third-order valence-corrected chi connectivity index (χ3v) is 5.68.